The number of hydrogen-bond donors (Lipinski definition) is 0. The van der Waals surface area contributed by atoms with Gasteiger partial charge in [0.25, 0.3) is 5.56 Å². The molecule has 0 saturated heterocycles. The van der Waals surface area contributed by atoms with Gasteiger partial charge in [0, 0.05) is 7.05 Å². The largest absolute Gasteiger partial charge is 0.457 e. The van der Waals surface area contributed by atoms with Gasteiger partial charge in [0.05, 0.1) is 17.3 Å². The van der Waals surface area contributed by atoms with Crippen molar-refractivity contribution in [3.05, 3.63) is 62.8 Å². The molecule has 0 aliphatic heterocycles. The standard InChI is InChI=1S/C17H14N4O3S/c1-20-16(23)12-4-2-3-5-13(12)21-14(18-19-17(20)21)9-24-15(22)8-11-6-7-25-10-11/h2-7,10H,8-9H2,1H3. The summed E-state index contributed by atoms with van der Waals surface area (Å²) in [4.78, 5) is 24.4. The highest BCUT2D eigenvalue weighted by molar-refractivity contribution is 7.07. The molecule has 0 aliphatic carbocycles. The molecule has 25 heavy (non-hydrogen) atoms. The number of para-hydroxylation sites is 1. The highest BCUT2D eigenvalue weighted by Gasteiger charge is 2.15. The molecule has 0 aliphatic rings. The van der Waals surface area contributed by atoms with E-state index in [4.69, 9.17) is 4.74 Å². The number of carbonyl (C=O) groups is 1. The molecule has 4 aromatic rings. The third kappa shape index (κ3) is 2.70. The van der Waals surface area contributed by atoms with Crippen LogP contribution in [0.4, 0.5) is 0 Å². The van der Waals surface area contributed by atoms with Gasteiger partial charge in [0.2, 0.25) is 5.78 Å². The second kappa shape index (κ2) is 6.14. The number of ether oxygens (including phenoxy) is 1. The van der Waals surface area contributed by atoms with Crippen LogP contribution in [0.15, 0.2) is 45.9 Å². The summed E-state index contributed by atoms with van der Waals surface area (Å²) in [6, 6.07) is 9.11. The quantitative estimate of drug-likeness (QED) is 0.523. The van der Waals surface area contributed by atoms with E-state index in [-0.39, 0.29) is 24.6 Å². The van der Waals surface area contributed by atoms with Crippen molar-refractivity contribution >= 4 is 34.0 Å². The number of rotatable bonds is 4. The number of hydrogen-bond acceptors (Lipinski definition) is 6. The summed E-state index contributed by atoms with van der Waals surface area (Å²) in [5.74, 6) is 0.553. The molecule has 0 bridgehead atoms. The first kappa shape index (κ1) is 15.5. The molecule has 0 fully saturated rings. The summed E-state index contributed by atoms with van der Waals surface area (Å²) >= 11 is 1.54. The molecule has 126 valence electrons. The number of aryl methyl sites for hydroxylation is 1. The summed E-state index contributed by atoms with van der Waals surface area (Å²) in [6.07, 6.45) is 0.222. The Balaban J connectivity index is 1.69. The van der Waals surface area contributed by atoms with E-state index in [1.54, 1.807) is 23.6 Å². The maximum Gasteiger partial charge on any atom is 0.310 e. The molecule has 0 saturated carbocycles. The zero-order chi connectivity index (χ0) is 17.4. The third-order valence-electron chi connectivity index (χ3n) is 3.98. The minimum atomic E-state index is -0.329. The van der Waals surface area contributed by atoms with Crippen LogP contribution in [0, 0.1) is 0 Å². The van der Waals surface area contributed by atoms with Crippen molar-refractivity contribution in [1.29, 1.82) is 0 Å². The molecule has 0 radical (unpaired) electrons. The van der Waals surface area contributed by atoms with Gasteiger partial charge in [-0.3, -0.25) is 18.6 Å². The fourth-order valence-corrected chi connectivity index (χ4v) is 3.41. The van der Waals surface area contributed by atoms with E-state index in [0.717, 1.165) is 5.56 Å². The van der Waals surface area contributed by atoms with Crippen LogP contribution < -0.4 is 5.56 Å². The Hall–Kier alpha value is -3.00. The monoisotopic (exact) mass is 354 g/mol. The summed E-state index contributed by atoms with van der Waals surface area (Å²) in [5, 5.41) is 12.6. The van der Waals surface area contributed by atoms with Crippen molar-refractivity contribution in [1.82, 2.24) is 19.2 Å². The lowest BCUT2D eigenvalue weighted by Gasteiger charge is -2.08. The molecular weight excluding hydrogens is 340 g/mol. The molecule has 1 aromatic carbocycles. The van der Waals surface area contributed by atoms with E-state index in [0.29, 0.717) is 22.5 Å². The van der Waals surface area contributed by atoms with Crippen LogP contribution in [-0.4, -0.2) is 25.1 Å². The van der Waals surface area contributed by atoms with E-state index in [1.165, 1.54) is 15.9 Å². The number of carbonyl (C=O) groups excluding carboxylic acids is 1. The summed E-state index contributed by atoms with van der Waals surface area (Å²) < 4.78 is 8.52. The van der Waals surface area contributed by atoms with Gasteiger partial charge in [-0.05, 0) is 34.5 Å². The Bertz CT molecular complexity index is 1130. The lowest BCUT2D eigenvalue weighted by molar-refractivity contribution is -0.144. The minimum absolute atomic E-state index is 0.00760. The second-order valence-corrected chi connectivity index (χ2v) is 6.38. The highest BCUT2D eigenvalue weighted by atomic mass is 32.1. The van der Waals surface area contributed by atoms with Gasteiger partial charge >= 0.3 is 5.97 Å². The minimum Gasteiger partial charge on any atom is -0.457 e. The first-order valence-electron chi connectivity index (χ1n) is 7.63. The Kier molecular flexibility index (Phi) is 3.81. The van der Waals surface area contributed by atoms with Gasteiger partial charge in [-0.15, -0.1) is 10.2 Å². The first-order valence-corrected chi connectivity index (χ1v) is 8.58. The normalized spacial score (nSPS) is 11.2. The third-order valence-corrected chi connectivity index (χ3v) is 4.72. The zero-order valence-corrected chi connectivity index (χ0v) is 14.2. The predicted octanol–water partition coefficient (Wildman–Crippen LogP) is 1.93. The summed E-state index contributed by atoms with van der Waals surface area (Å²) in [6.45, 7) is -0.00760. The molecule has 0 atom stereocenters. The number of esters is 1. The number of aromatic nitrogens is 4. The van der Waals surface area contributed by atoms with Gasteiger partial charge in [0.1, 0.15) is 0 Å². The Labute approximate surface area is 146 Å². The van der Waals surface area contributed by atoms with E-state index in [2.05, 4.69) is 10.2 Å². The maximum atomic E-state index is 12.4. The van der Waals surface area contributed by atoms with Crippen LogP contribution in [0.5, 0.6) is 0 Å². The Morgan fingerprint density at radius 3 is 2.88 bits per heavy atom. The maximum absolute atomic E-state index is 12.4. The molecule has 3 aromatic heterocycles. The van der Waals surface area contributed by atoms with Gasteiger partial charge in [-0.1, -0.05) is 12.1 Å². The molecule has 8 heteroatoms. The van der Waals surface area contributed by atoms with Crippen molar-refractivity contribution in [3.63, 3.8) is 0 Å². The van der Waals surface area contributed by atoms with Gasteiger partial charge in [-0.25, -0.2) is 0 Å². The average Bonchev–Trinajstić information content (AvgIpc) is 3.27. The number of benzene rings is 1. The van der Waals surface area contributed by atoms with Crippen LogP contribution in [0.25, 0.3) is 16.7 Å². The van der Waals surface area contributed by atoms with E-state index >= 15 is 0 Å². The zero-order valence-electron chi connectivity index (χ0n) is 13.4. The fourth-order valence-electron chi connectivity index (χ4n) is 2.74. The molecule has 0 N–H and O–H groups in total. The van der Waals surface area contributed by atoms with Crippen molar-refractivity contribution in [2.24, 2.45) is 7.05 Å². The summed E-state index contributed by atoms with van der Waals surface area (Å²) in [7, 11) is 1.64. The Morgan fingerprint density at radius 2 is 2.08 bits per heavy atom. The topological polar surface area (TPSA) is 78.5 Å². The lowest BCUT2D eigenvalue weighted by atomic mass is 10.2. The SMILES string of the molecule is Cn1c(=O)c2ccccc2n2c(COC(=O)Cc3ccsc3)nnc12. The molecule has 0 amide bonds. The van der Waals surface area contributed by atoms with Gasteiger partial charge < -0.3 is 4.74 Å². The predicted molar refractivity (Wildman–Crippen MR) is 93.6 cm³/mol. The molecular formula is C17H14N4O3S. The molecule has 3 heterocycles. The van der Waals surface area contributed by atoms with Crippen molar-refractivity contribution in [3.8, 4) is 0 Å². The smallest absolute Gasteiger partial charge is 0.310 e. The van der Waals surface area contributed by atoms with Gasteiger partial charge in [-0.2, -0.15) is 11.3 Å². The van der Waals surface area contributed by atoms with Crippen LogP contribution in [0.2, 0.25) is 0 Å². The highest BCUT2D eigenvalue weighted by Crippen LogP contribution is 2.15. The van der Waals surface area contributed by atoms with Crippen molar-refractivity contribution in [2.45, 2.75) is 13.0 Å². The van der Waals surface area contributed by atoms with Crippen LogP contribution in [0.1, 0.15) is 11.4 Å². The summed E-state index contributed by atoms with van der Waals surface area (Å²) in [5.41, 5.74) is 1.47. The van der Waals surface area contributed by atoms with E-state index < -0.39 is 0 Å². The number of nitrogens with zero attached hydrogens (tertiary/aromatic N) is 4. The number of fused-ring (bicyclic) bond motifs is 3. The van der Waals surface area contributed by atoms with Crippen molar-refractivity contribution in [2.75, 3.05) is 0 Å². The van der Waals surface area contributed by atoms with Crippen LogP contribution >= 0.6 is 11.3 Å². The fraction of sp³-hybridized carbons (Fsp3) is 0.176. The van der Waals surface area contributed by atoms with Crippen LogP contribution in [0.3, 0.4) is 0 Å². The molecule has 0 unspecified atom stereocenters. The van der Waals surface area contributed by atoms with Crippen LogP contribution in [-0.2, 0) is 29.6 Å². The second-order valence-electron chi connectivity index (χ2n) is 5.60. The van der Waals surface area contributed by atoms with E-state index in [1.807, 2.05) is 29.0 Å². The average molecular weight is 354 g/mol. The lowest BCUT2D eigenvalue weighted by Crippen LogP contribution is -2.20. The molecule has 4 rings (SSSR count). The Morgan fingerprint density at radius 1 is 1.24 bits per heavy atom. The van der Waals surface area contributed by atoms with Gasteiger partial charge in [0.15, 0.2) is 12.4 Å². The number of thiophene rings is 1. The van der Waals surface area contributed by atoms with Crippen molar-refractivity contribution < 1.29 is 9.53 Å². The first-order chi connectivity index (χ1) is 12.1. The molecule has 0 spiro atoms. The van der Waals surface area contributed by atoms with E-state index in [9.17, 15) is 9.59 Å². The molecule has 7 nitrogen and oxygen atoms in total.